The number of aryl methyl sites for hydroxylation is 1. The molecule has 0 aromatic carbocycles. The number of aromatic nitrogens is 1. The van der Waals surface area contributed by atoms with Crippen LogP contribution in [-0.2, 0) is 0 Å². The molecule has 0 amide bonds. The van der Waals surface area contributed by atoms with Gasteiger partial charge >= 0.3 is 5.97 Å². The fraction of sp³-hybridized carbons (Fsp3) is 0.538. The third-order valence-corrected chi connectivity index (χ3v) is 3.18. The highest BCUT2D eigenvalue weighted by Gasteiger charge is 2.24. The number of carboxylic acids is 1. The summed E-state index contributed by atoms with van der Waals surface area (Å²) in [6, 6.07) is 3.46. The first kappa shape index (κ1) is 11.9. The van der Waals surface area contributed by atoms with E-state index < -0.39 is 5.97 Å². The summed E-state index contributed by atoms with van der Waals surface area (Å²) < 4.78 is 0. The van der Waals surface area contributed by atoms with Crippen LogP contribution in [0.1, 0.15) is 35.8 Å². The van der Waals surface area contributed by atoms with E-state index >= 15 is 0 Å². The molecule has 0 bridgehead atoms. The Kier molecular flexibility index (Phi) is 3.31. The number of carboxylic acid groups (broad SMARTS) is 1. The maximum Gasteiger partial charge on any atom is 0.337 e. The first-order valence-corrected chi connectivity index (χ1v) is 6.07. The van der Waals surface area contributed by atoms with Crippen molar-refractivity contribution in [1.82, 2.24) is 4.98 Å². The Labute approximate surface area is 101 Å². The van der Waals surface area contributed by atoms with Crippen LogP contribution in [0.15, 0.2) is 12.1 Å². The maximum atomic E-state index is 10.9. The second kappa shape index (κ2) is 4.73. The Balaban J connectivity index is 2.19. The molecule has 0 spiro atoms. The molecule has 0 atom stereocenters. The van der Waals surface area contributed by atoms with Crippen LogP contribution < -0.4 is 4.90 Å². The van der Waals surface area contributed by atoms with Gasteiger partial charge in [-0.1, -0.05) is 0 Å². The van der Waals surface area contributed by atoms with E-state index in [0.717, 1.165) is 24.8 Å². The van der Waals surface area contributed by atoms with Crippen molar-refractivity contribution >= 4 is 11.8 Å². The van der Waals surface area contributed by atoms with E-state index in [1.807, 2.05) is 6.07 Å². The Bertz CT molecular complexity index is 427. The van der Waals surface area contributed by atoms with Gasteiger partial charge in [0.2, 0.25) is 0 Å². The average molecular weight is 234 g/mol. The fourth-order valence-corrected chi connectivity index (χ4v) is 1.95. The molecule has 2 rings (SSSR count). The minimum absolute atomic E-state index is 0.288. The molecule has 1 heterocycles. The Morgan fingerprint density at radius 2 is 2.24 bits per heavy atom. The third kappa shape index (κ3) is 2.75. The predicted octanol–water partition coefficient (Wildman–Crippen LogP) is 2.32. The minimum Gasteiger partial charge on any atom is -0.478 e. The number of aromatic carboxylic acids is 1. The smallest absolute Gasteiger partial charge is 0.337 e. The molecule has 1 aliphatic rings. The Morgan fingerprint density at radius 1 is 1.53 bits per heavy atom. The summed E-state index contributed by atoms with van der Waals surface area (Å²) in [6.45, 7) is 5.80. The molecule has 1 fully saturated rings. The SMILES string of the molecule is CCN(CC1CC1)c1ccc(C(=O)O)c(C)n1. The number of rotatable bonds is 5. The average Bonchev–Trinajstić information content (AvgIpc) is 3.09. The molecule has 4 heteroatoms. The molecule has 0 saturated heterocycles. The van der Waals surface area contributed by atoms with E-state index in [1.54, 1.807) is 13.0 Å². The zero-order valence-electron chi connectivity index (χ0n) is 10.3. The largest absolute Gasteiger partial charge is 0.478 e. The number of pyridine rings is 1. The van der Waals surface area contributed by atoms with E-state index in [-0.39, 0.29) is 5.56 Å². The fourth-order valence-electron chi connectivity index (χ4n) is 1.95. The molecule has 4 nitrogen and oxygen atoms in total. The first-order chi connectivity index (χ1) is 8.11. The van der Waals surface area contributed by atoms with E-state index in [2.05, 4.69) is 16.8 Å². The quantitative estimate of drug-likeness (QED) is 0.849. The molecule has 0 radical (unpaired) electrons. The van der Waals surface area contributed by atoms with Gasteiger partial charge in [-0.15, -0.1) is 0 Å². The maximum absolute atomic E-state index is 10.9. The molecule has 1 N–H and O–H groups in total. The van der Waals surface area contributed by atoms with Crippen molar-refractivity contribution in [2.24, 2.45) is 5.92 Å². The highest BCUT2D eigenvalue weighted by molar-refractivity contribution is 5.89. The number of hydrogen-bond donors (Lipinski definition) is 1. The van der Waals surface area contributed by atoms with E-state index in [4.69, 9.17) is 5.11 Å². The third-order valence-electron chi connectivity index (χ3n) is 3.18. The molecule has 0 aliphatic heterocycles. The van der Waals surface area contributed by atoms with Gasteiger partial charge in [0.05, 0.1) is 11.3 Å². The normalized spacial score (nSPS) is 14.7. The summed E-state index contributed by atoms with van der Waals surface area (Å²) in [6.07, 6.45) is 2.62. The molecular formula is C13H18N2O2. The van der Waals surface area contributed by atoms with Crippen LogP contribution in [-0.4, -0.2) is 29.1 Å². The second-order valence-corrected chi connectivity index (χ2v) is 4.59. The van der Waals surface area contributed by atoms with Gasteiger partial charge in [-0.25, -0.2) is 9.78 Å². The molecule has 1 aromatic rings. The van der Waals surface area contributed by atoms with Gasteiger partial charge < -0.3 is 10.0 Å². The van der Waals surface area contributed by atoms with Crippen molar-refractivity contribution in [1.29, 1.82) is 0 Å². The minimum atomic E-state index is -0.910. The molecular weight excluding hydrogens is 216 g/mol. The van der Waals surface area contributed by atoms with Crippen LogP contribution in [0.3, 0.4) is 0 Å². The van der Waals surface area contributed by atoms with Crippen LogP contribution in [0.5, 0.6) is 0 Å². The van der Waals surface area contributed by atoms with Gasteiger partial charge in [-0.2, -0.15) is 0 Å². The number of anilines is 1. The lowest BCUT2D eigenvalue weighted by molar-refractivity contribution is 0.0695. The van der Waals surface area contributed by atoms with E-state index in [9.17, 15) is 4.79 Å². The van der Waals surface area contributed by atoms with Gasteiger partial charge in [0.1, 0.15) is 5.82 Å². The number of hydrogen-bond acceptors (Lipinski definition) is 3. The second-order valence-electron chi connectivity index (χ2n) is 4.59. The Morgan fingerprint density at radius 3 is 2.71 bits per heavy atom. The van der Waals surface area contributed by atoms with Crippen molar-refractivity contribution in [2.45, 2.75) is 26.7 Å². The standard InChI is InChI=1S/C13H18N2O2/c1-3-15(8-10-4-5-10)12-7-6-11(13(16)17)9(2)14-12/h6-7,10H,3-5,8H2,1-2H3,(H,16,17). The monoisotopic (exact) mass is 234 g/mol. The van der Waals surface area contributed by atoms with Crippen LogP contribution in [0.4, 0.5) is 5.82 Å². The van der Waals surface area contributed by atoms with Gasteiger partial charge in [0.15, 0.2) is 0 Å². The van der Waals surface area contributed by atoms with Crippen LogP contribution in [0.2, 0.25) is 0 Å². The summed E-state index contributed by atoms with van der Waals surface area (Å²) in [5.41, 5.74) is 0.875. The van der Waals surface area contributed by atoms with Crippen molar-refractivity contribution in [3.63, 3.8) is 0 Å². The van der Waals surface area contributed by atoms with Gasteiger partial charge in [-0.3, -0.25) is 0 Å². The molecule has 17 heavy (non-hydrogen) atoms. The van der Waals surface area contributed by atoms with Crippen molar-refractivity contribution < 1.29 is 9.90 Å². The highest BCUT2D eigenvalue weighted by atomic mass is 16.4. The van der Waals surface area contributed by atoms with Gasteiger partial charge in [0.25, 0.3) is 0 Å². The lowest BCUT2D eigenvalue weighted by Crippen LogP contribution is -2.26. The van der Waals surface area contributed by atoms with Gasteiger partial charge in [0, 0.05) is 13.1 Å². The molecule has 0 unspecified atom stereocenters. The van der Waals surface area contributed by atoms with Gasteiger partial charge in [-0.05, 0) is 44.7 Å². The van der Waals surface area contributed by atoms with Crippen molar-refractivity contribution in [2.75, 3.05) is 18.0 Å². The van der Waals surface area contributed by atoms with Crippen LogP contribution in [0, 0.1) is 12.8 Å². The van der Waals surface area contributed by atoms with Crippen LogP contribution >= 0.6 is 0 Å². The highest BCUT2D eigenvalue weighted by Crippen LogP contribution is 2.31. The lowest BCUT2D eigenvalue weighted by Gasteiger charge is -2.22. The van der Waals surface area contributed by atoms with Crippen LogP contribution in [0.25, 0.3) is 0 Å². The Hall–Kier alpha value is -1.58. The van der Waals surface area contributed by atoms with Crippen molar-refractivity contribution in [3.8, 4) is 0 Å². The molecule has 92 valence electrons. The van der Waals surface area contributed by atoms with E-state index in [0.29, 0.717) is 5.69 Å². The number of carbonyl (C=O) groups is 1. The first-order valence-electron chi connectivity index (χ1n) is 6.07. The molecule has 1 aliphatic carbocycles. The predicted molar refractivity (Wildman–Crippen MR) is 66.5 cm³/mol. The summed E-state index contributed by atoms with van der Waals surface area (Å²) >= 11 is 0. The molecule has 1 aromatic heterocycles. The summed E-state index contributed by atoms with van der Waals surface area (Å²) in [5, 5.41) is 8.95. The summed E-state index contributed by atoms with van der Waals surface area (Å²) in [7, 11) is 0. The van der Waals surface area contributed by atoms with E-state index in [1.165, 1.54) is 12.8 Å². The summed E-state index contributed by atoms with van der Waals surface area (Å²) in [5.74, 6) is 0.782. The molecule has 1 saturated carbocycles. The topological polar surface area (TPSA) is 53.4 Å². The summed E-state index contributed by atoms with van der Waals surface area (Å²) in [4.78, 5) is 17.5. The zero-order valence-corrected chi connectivity index (χ0v) is 10.3. The lowest BCUT2D eigenvalue weighted by atomic mass is 10.2. The number of nitrogens with zero attached hydrogens (tertiary/aromatic N) is 2. The van der Waals surface area contributed by atoms with Crippen molar-refractivity contribution in [3.05, 3.63) is 23.4 Å². The zero-order chi connectivity index (χ0) is 12.4.